The van der Waals surface area contributed by atoms with Crippen LogP contribution in [0.2, 0.25) is 0 Å². The Morgan fingerprint density at radius 3 is 2.32 bits per heavy atom. The zero-order valence-corrected chi connectivity index (χ0v) is 19.1. The first-order valence-electron chi connectivity index (χ1n) is 11.3. The van der Waals surface area contributed by atoms with Crippen molar-refractivity contribution in [2.24, 2.45) is 5.92 Å². The Bertz CT molecular complexity index is 971. The molecule has 1 fully saturated rings. The highest BCUT2D eigenvalue weighted by Gasteiger charge is 2.29. The number of carbonyl (C=O) groups is 2. The van der Waals surface area contributed by atoms with Gasteiger partial charge in [-0.25, -0.2) is 14.2 Å². The Morgan fingerprint density at radius 1 is 1.06 bits per heavy atom. The van der Waals surface area contributed by atoms with E-state index in [0.717, 1.165) is 31.6 Å². The van der Waals surface area contributed by atoms with E-state index in [1.807, 2.05) is 32.0 Å². The lowest BCUT2D eigenvalue weighted by Crippen LogP contribution is -2.52. The van der Waals surface area contributed by atoms with Gasteiger partial charge in [0.1, 0.15) is 6.04 Å². The van der Waals surface area contributed by atoms with Crippen molar-refractivity contribution in [1.29, 1.82) is 0 Å². The van der Waals surface area contributed by atoms with Crippen molar-refractivity contribution in [2.75, 3.05) is 33.7 Å². The lowest BCUT2D eigenvalue weighted by atomic mass is 9.98. The molecule has 1 aromatic heterocycles. The average Bonchev–Trinajstić information content (AvgIpc) is 3.06. The number of rotatable bonds is 7. The van der Waals surface area contributed by atoms with Crippen molar-refractivity contribution >= 4 is 23.0 Å². The summed E-state index contributed by atoms with van der Waals surface area (Å²) >= 11 is 0. The first kappa shape index (κ1) is 23.1. The maximum absolute atomic E-state index is 13.3. The Labute approximate surface area is 183 Å². The van der Waals surface area contributed by atoms with Crippen molar-refractivity contribution in [3.8, 4) is 0 Å². The van der Waals surface area contributed by atoms with Gasteiger partial charge in [-0.3, -0.25) is 9.36 Å². The molecule has 1 saturated heterocycles. The molecular weight excluding hydrogens is 394 g/mol. The van der Waals surface area contributed by atoms with Crippen molar-refractivity contribution in [3.63, 3.8) is 0 Å². The normalized spacial score (nSPS) is 16.8. The fourth-order valence-electron chi connectivity index (χ4n) is 4.20. The standard InChI is InChI=1S/C23H35N5O3/c1-5-17(2)20(21(29)25(3)4)24-22(30)28-19-12-8-7-11-18(19)27(23(28)31)16-15-26-13-9-6-10-14-26/h7-8,11-12,17,20H,5-6,9-10,13-16H2,1-4H3,(H,24,30)/t17-,20?/m0/s1. The van der Waals surface area contributed by atoms with Crippen LogP contribution in [-0.4, -0.2) is 70.6 Å². The molecule has 1 unspecified atom stereocenters. The number of amides is 2. The van der Waals surface area contributed by atoms with Gasteiger partial charge >= 0.3 is 11.7 Å². The molecule has 0 radical (unpaired) electrons. The van der Waals surface area contributed by atoms with Gasteiger partial charge in [0, 0.05) is 27.2 Å². The molecule has 1 aliphatic heterocycles. The Kier molecular flexibility index (Phi) is 7.54. The predicted molar refractivity (Wildman–Crippen MR) is 122 cm³/mol. The van der Waals surface area contributed by atoms with Crippen LogP contribution in [0.1, 0.15) is 39.5 Å². The predicted octanol–water partition coefficient (Wildman–Crippen LogP) is 2.35. The van der Waals surface area contributed by atoms with E-state index in [1.165, 1.54) is 28.7 Å². The van der Waals surface area contributed by atoms with Crippen molar-refractivity contribution in [1.82, 2.24) is 24.3 Å². The second kappa shape index (κ2) is 10.1. The zero-order valence-electron chi connectivity index (χ0n) is 19.1. The molecule has 1 N–H and O–H groups in total. The van der Waals surface area contributed by atoms with Gasteiger partial charge in [0.15, 0.2) is 0 Å². The highest BCUT2D eigenvalue weighted by molar-refractivity contribution is 5.92. The van der Waals surface area contributed by atoms with Crippen LogP contribution in [0.4, 0.5) is 4.79 Å². The number of imidazole rings is 1. The first-order valence-corrected chi connectivity index (χ1v) is 11.3. The van der Waals surface area contributed by atoms with E-state index in [2.05, 4.69) is 10.2 Å². The minimum absolute atomic E-state index is 0.0537. The van der Waals surface area contributed by atoms with Gasteiger partial charge in [0.05, 0.1) is 11.0 Å². The van der Waals surface area contributed by atoms with Gasteiger partial charge in [0.25, 0.3) is 0 Å². The summed E-state index contributed by atoms with van der Waals surface area (Å²) < 4.78 is 2.85. The topological polar surface area (TPSA) is 79.6 Å². The molecule has 2 heterocycles. The van der Waals surface area contributed by atoms with Crippen LogP contribution in [-0.2, 0) is 11.3 Å². The van der Waals surface area contributed by atoms with E-state index in [9.17, 15) is 14.4 Å². The molecule has 0 aliphatic carbocycles. The number of benzene rings is 1. The van der Waals surface area contributed by atoms with Crippen LogP contribution in [0, 0.1) is 5.92 Å². The van der Waals surface area contributed by atoms with Gasteiger partial charge in [-0.15, -0.1) is 0 Å². The third kappa shape index (κ3) is 5.01. The fourth-order valence-corrected chi connectivity index (χ4v) is 4.20. The molecule has 2 amide bonds. The van der Waals surface area contributed by atoms with Gasteiger partial charge in [-0.05, 0) is 44.0 Å². The number of para-hydroxylation sites is 2. The average molecular weight is 430 g/mol. The summed E-state index contributed by atoms with van der Waals surface area (Å²) in [4.78, 5) is 43.0. The van der Waals surface area contributed by atoms with Crippen LogP contribution < -0.4 is 11.0 Å². The minimum Gasteiger partial charge on any atom is -0.347 e. The van der Waals surface area contributed by atoms with E-state index in [4.69, 9.17) is 0 Å². The maximum Gasteiger partial charge on any atom is 0.337 e. The molecule has 1 aromatic carbocycles. The molecule has 8 heteroatoms. The summed E-state index contributed by atoms with van der Waals surface area (Å²) in [6.45, 7) is 7.33. The van der Waals surface area contributed by atoms with Gasteiger partial charge in [0.2, 0.25) is 5.91 Å². The molecule has 8 nitrogen and oxygen atoms in total. The van der Waals surface area contributed by atoms with Crippen LogP contribution in [0.5, 0.6) is 0 Å². The number of likely N-dealkylation sites (tertiary alicyclic amines) is 1. The molecule has 0 bridgehead atoms. The Hall–Kier alpha value is -2.61. The minimum atomic E-state index is -0.685. The SMILES string of the molecule is CC[C@H](C)C(NC(=O)n1c(=O)n(CCN2CCCCC2)c2ccccc21)C(=O)N(C)C. The van der Waals surface area contributed by atoms with Crippen molar-refractivity contribution in [3.05, 3.63) is 34.7 Å². The summed E-state index contributed by atoms with van der Waals surface area (Å²) in [5, 5.41) is 2.83. The number of piperidine rings is 1. The van der Waals surface area contributed by atoms with E-state index in [1.54, 1.807) is 24.7 Å². The zero-order chi connectivity index (χ0) is 22.5. The number of hydrogen-bond acceptors (Lipinski definition) is 4. The number of carbonyl (C=O) groups excluding carboxylic acids is 2. The molecule has 2 atom stereocenters. The van der Waals surface area contributed by atoms with Crippen molar-refractivity contribution < 1.29 is 9.59 Å². The Morgan fingerprint density at radius 2 is 1.71 bits per heavy atom. The van der Waals surface area contributed by atoms with E-state index < -0.39 is 12.1 Å². The molecule has 3 rings (SSSR count). The summed E-state index contributed by atoms with van der Waals surface area (Å²) in [6, 6.07) is 6.10. The van der Waals surface area contributed by atoms with Crippen LogP contribution in [0.3, 0.4) is 0 Å². The van der Waals surface area contributed by atoms with E-state index >= 15 is 0 Å². The van der Waals surface area contributed by atoms with Crippen LogP contribution >= 0.6 is 0 Å². The molecule has 0 saturated carbocycles. The summed E-state index contributed by atoms with van der Waals surface area (Å²) in [7, 11) is 3.34. The van der Waals surface area contributed by atoms with Gasteiger partial charge in [-0.1, -0.05) is 38.8 Å². The number of nitrogens with zero attached hydrogens (tertiary/aromatic N) is 4. The monoisotopic (exact) mass is 429 g/mol. The fraction of sp³-hybridized carbons (Fsp3) is 0.609. The smallest absolute Gasteiger partial charge is 0.337 e. The molecule has 31 heavy (non-hydrogen) atoms. The lowest BCUT2D eigenvalue weighted by Gasteiger charge is -2.26. The number of nitrogens with one attached hydrogen (secondary N) is 1. The third-order valence-electron chi connectivity index (χ3n) is 6.33. The summed E-state index contributed by atoms with van der Waals surface area (Å²) in [6.07, 6.45) is 4.38. The van der Waals surface area contributed by atoms with Gasteiger partial charge < -0.3 is 15.1 Å². The molecule has 2 aromatic rings. The highest BCUT2D eigenvalue weighted by Crippen LogP contribution is 2.15. The first-order chi connectivity index (χ1) is 14.8. The second-order valence-electron chi connectivity index (χ2n) is 8.71. The van der Waals surface area contributed by atoms with Crippen LogP contribution in [0.15, 0.2) is 29.1 Å². The largest absolute Gasteiger partial charge is 0.347 e. The molecule has 0 spiro atoms. The number of aromatic nitrogens is 2. The van der Waals surface area contributed by atoms with Crippen LogP contribution in [0.25, 0.3) is 11.0 Å². The summed E-state index contributed by atoms with van der Waals surface area (Å²) in [5.41, 5.74) is 0.929. The maximum atomic E-state index is 13.3. The Balaban J connectivity index is 1.90. The van der Waals surface area contributed by atoms with Gasteiger partial charge in [-0.2, -0.15) is 0 Å². The second-order valence-corrected chi connectivity index (χ2v) is 8.71. The van der Waals surface area contributed by atoms with E-state index in [0.29, 0.717) is 12.1 Å². The quantitative estimate of drug-likeness (QED) is 0.733. The molecule has 170 valence electrons. The number of fused-ring (bicyclic) bond motifs is 1. The van der Waals surface area contributed by atoms with E-state index in [-0.39, 0.29) is 17.5 Å². The lowest BCUT2D eigenvalue weighted by molar-refractivity contribution is -0.131. The number of likely N-dealkylation sites (N-methyl/N-ethyl adjacent to an activating group) is 1. The summed E-state index contributed by atoms with van der Waals surface area (Å²) in [5.74, 6) is -0.230. The molecular formula is C23H35N5O3. The van der Waals surface area contributed by atoms with Crippen molar-refractivity contribution in [2.45, 2.75) is 52.1 Å². The number of hydrogen-bond donors (Lipinski definition) is 1. The third-order valence-corrected chi connectivity index (χ3v) is 6.33. The molecule has 1 aliphatic rings. The highest BCUT2D eigenvalue weighted by atomic mass is 16.2.